The maximum atomic E-state index is 3.60. The maximum Gasteiger partial charge on any atom is 0.0294 e. The lowest BCUT2D eigenvalue weighted by Gasteiger charge is -2.19. The van der Waals surface area contributed by atoms with E-state index in [1.165, 1.54) is 18.4 Å². The Bertz CT molecular complexity index is 243. The minimum atomic E-state index is 0.456. The highest BCUT2D eigenvalue weighted by molar-refractivity contribution is 5.18. The van der Waals surface area contributed by atoms with Crippen molar-refractivity contribution in [1.29, 1.82) is 0 Å². The molecule has 0 aromatic heterocycles. The van der Waals surface area contributed by atoms with Crippen LogP contribution >= 0.6 is 0 Å². The van der Waals surface area contributed by atoms with Gasteiger partial charge in [-0.2, -0.15) is 0 Å². The molecule has 0 spiro atoms. The third kappa shape index (κ3) is 3.51. The highest BCUT2D eigenvalue weighted by Gasteiger charge is 2.07. The zero-order valence-electron chi connectivity index (χ0n) is 9.46. The van der Waals surface area contributed by atoms with Crippen molar-refractivity contribution in [3.05, 3.63) is 35.9 Å². The van der Waals surface area contributed by atoms with Crippen molar-refractivity contribution in [2.45, 2.75) is 45.7 Å². The van der Waals surface area contributed by atoms with Gasteiger partial charge in [0.25, 0.3) is 0 Å². The fraction of sp³-hybridized carbons (Fsp3) is 0.538. The van der Waals surface area contributed by atoms with Crippen molar-refractivity contribution in [2.24, 2.45) is 0 Å². The van der Waals surface area contributed by atoms with E-state index in [1.54, 1.807) is 0 Å². The van der Waals surface area contributed by atoms with E-state index in [-0.39, 0.29) is 0 Å². The van der Waals surface area contributed by atoms with Crippen LogP contribution in [0.4, 0.5) is 0 Å². The van der Waals surface area contributed by atoms with Gasteiger partial charge in [0.2, 0.25) is 0 Å². The number of benzene rings is 1. The highest BCUT2D eigenvalue weighted by Crippen LogP contribution is 2.12. The van der Waals surface area contributed by atoms with Crippen LogP contribution in [0.2, 0.25) is 0 Å². The molecule has 0 fully saturated rings. The quantitative estimate of drug-likeness (QED) is 0.750. The molecule has 0 aliphatic rings. The fourth-order valence-corrected chi connectivity index (χ4v) is 1.78. The summed E-state index contributed by atoms with van der Waals surface area (Å²) in [5.74, 6) is 0. The van der Waals surface area contributed by atoms with Crippen molar-refractivity contribution in [2.75, 3.05) is 0 Å². The monoisotopic (exact) mass is 191 g/mol. The molecule has 2 unspecified atom stereocenters. The van der Waals surface area contributed by atoms with Crippen LogP contribution in [-0.4, -0.2) is 6.04 Å². The Morgan fingerprint density at radius 1 is 1.14 bits per heavy atom. The molecule has 1 nitrogen and oxygen atoms in total. The summed E-state index contributed by atoms with van der Waals surface area (Å²) in [4.78, 5) is 0. The van der Waals surface area contributed by atoms with E-state index in [1.807, 2.05) is 0 Å². The molecule has 1 heteroatoms. The molecular weight excluding hydrogens is 170 g/mol. The van der Waals surface area contributed by atoms with Crippen LogP contribution in [0.5, 0.6) is 0 Å². The van der Waals surface area contributed by atoms with Crippen LogP contribution in [0.25, 0.3) is 0 Å². The number of nitrogens with one attached hydrogen (secondary N) is 1. The minimum absolute atomic E-state index is 0.456. The lowest BCUT2D eigenvalue weighted by molar-refractivity contribution is 0.453. The zero-order valence-corrected chi connectivity index (χ0v) is 9.46. The second kappa shape index (κ2) is 5.82. The van der Waals surface area contributed by atoms with Crippen LogP contribution in [0.1, 0.15) is 45.2 Å². The van der Waals surface area contributed by atoms with E-state index >= 15 is 0 Å². The van der Waals surface area contributed by atoms with Crippen molar-refractivity contribution in [3.63, 3.8) is 0 Å². The Kier molecular flexibility index (Phi) is 4.68. The molecular formula is C13H21N. The van der Waals surface area contributed by atoms with Gasteiger partial charge in [0.05, 0.1) is 0 Å². The van der Waals surface area contributed by atoms with Crippen molar-refractivity contribution in [1.82, 2.24) is 5.32 Å². The number of hydrogen-bond donors (Lipinski definition) is 1. The van der Waals surface area contributed by atoms with Crippen LogP contribution in [0, 0.1) is 0 Å². The third-order valence-corrected chi connectivity index (χ3v) is 2.56. The maximum absolute atomic E-state index is 3.60. The molecule has 78 valence electrons. The van der Waals surface area contributed by atoms with Gasteiger partial charge in [0.15, 0.2) is 0 Å². The Morgan fingerprint density at radius 2 is 1.79 bits per heavy atom. The summed E-state index contributed by atoms with van der Waals surface area (Å²) < 4.78 is 0. The second-order valence-electron chi connectivity index (χ2n) is 3.99. The van der Waals surface area contributed by atoms with Gasteiger partial charge in [0, 0.05) is 12.1 Å². The first-order chi connectivity index (χ1) is 6.74. The smallest absolute Gasteiger partial charge is 0.0294 e. The molecule has 14 heavy (non-hydrogen) atoms. The topological polar surface area (TPSA) is 12.0 Å². The standard InChI is InChI=1S/C13H21N/c1-4-8-11(2)14-12(3)13-9-6-5-7-10-13/h5-7,9-12,14H,4,8H2,1-3H3. The molecule has 0 aliphatic heterocycles. The van der Waals surface area contributed by atoms with E-state index < -0.39 is 0 Å². The van der Waals surface area contributed by atoms with Gasteiger partial charge in [-0.05, 0) is 25.8 Å². The average Bonchev–Trinajstić information content (AvgIpc) is 2.19. The third-order valence-electron chi connectivity index (χ3n) is 2.56. The predicted octanol–water partition coefficient (Wildman–Crippen LogP) is 3.53. The molecule has 0 heterocycles. The minimum Gasteiger partial charge on any atom is -0.308 e. The van der Waals surface area contributed by atoms with E-state index in [2.05, 4.69) is 56.4 Å². The summed E-state index contributed by atoms with van der Waals surface area (Å²) >= 11 is 0. The average molecular weight is 191 g/mol. The molecule has 0 aliphatic carbocycles. The van der Waals surface area contributed by atoms with Gasteiger partial charge in [-0.1, -0.05) is 43.7 Å². The first-order valence-corrected chi connectivity index (χ1v) is 5.55. The van der Waals surface area contributed by atoms with Gasteiger partial charge < -0.3 is 5.32 Å². The van der Waals surface area contributed by atoms with Gasteiger partial charge in [-0.3, -0.25) is 0 Å². The molecule has 1 N–H and O–H groups in total. The summed E-state index contributed by atoms with van der Waals surface area (Å²) in [5.41, 5.74) is 1.37. The summed E-state index contributed by atoms with van der Waals surface area (Å²) in [7, 11) is 0. The van der Waals surface area contributed by atoms with E-state index in [0.29, 0.717) is 12.1 Å². The van der Waals surface area contributed by atoms with Crippen LogP contribution in [0.3, 0.4) is 0 Å². The summed E-state index contributed by atoms with van der Waals surface area (Å²) in [6, 6.07) is 11.7. The van der Waals surface area contributed by atoms with Crippen LogP contribution in [-0.2, 0) is 0 Å². The Hall–Kier alpha value is -0.820. The predicted molar refractivity (Wildman–Crippen MR) is 62.4 cm³/mol. The largest absolute Gasteiger partial charge is 0.308 e. The normalized spacial score (nSPS) is 15.1. The lowest BCUT2D eigenvalue weighted by Crippen LogP contribution is -2.28. The lowest BCUT2D eigenvalue weighted by atomic mass is 10.1. The van der Waals surface area contributed by atoms with Crippen molar-refractivity contribution >= 4 is 0 Å². The first-order valence-electron chi connectivity index (χ1n) is 5.55. The van der Waals surface area contributed by atoms with Crippen LogP contribution in [0.15, 0.2) is 30.3 Å². The highest BCUT2D eigenvalue weighted by atomic mass is 14.9. The van der Waals surface area contributed by atoms with Gasteiger partial charge in [-0.25, -0.2) is 0 Å². The SMILES string of the molecule is CCCC(C)NC(C)c1ccccc1. The molecule has 0 radical (unpaired) electrons. The molecule has 0 saturated heterocycles. The molecule has 1 rings (SSSR count). The summed E-state index contributed by atoms with van der Waals surface area (Å²) in [5, 5.41) is 3.60. The van der Waals surface area contributed by atoms with E-state index in [0.717, 1.165) is 0 Å². The summed E-state index contributed by atoms with van der Waals surface area (Å²) in [6.07, 6.45) is 2.49. The molecule has 0 saturated carbocycles. The Balaban J connectivity index is 2.46. The van der Waals surface area contributed by atoms with Crippen molar-refractivity contribution in [3.8, 4) is 0 Å². The Labute approximate surface area is 87.5 Å². The molecule has 1 aromatic carbocycles. The second-order valence-corrected chi connectivity index (χ2v) is 3.99. The van der Waals surface area contributed by atoms with Crippen molar-refractivity contribution < 1.29 is 0 Å². The number of rotatable bonds is 5. The molecule has 0 bridgehead atoms. The molecule has 0 amide bonds. The van der Waals surface area contributed by atoms with E-state index in [4.69, 9.17) is 0 Å². The number of hydrogen-bond acceptors (Lipinski definition) is 1. The zero-order chi connectivity index (χ0) is 10.4. The molecule has 2 atom stereocenters. The Morgan fingerprint density at radius 3 is 2.36 bits per heavy atom. The first kappa shape index (κ1) is 11.3. The summed E-state index contributed by atoms with van der Waals surface area (Å²) in [6.45, 7) is 6.70. The van der Waals surface area contributed by atoms with Crippen LogP contribution < -0.4 is 5.32 Å². The fourth-order valence-electron chi connectivity index (χ4n) is 1.78. The van der Waals surface area contributed by atoms with Gasteiger partial charge in [0.1, 0.15) is 0 Å². The van der Waals surface area contributed by atoms with E-state index in [9.17, 15) is 0 Å². The molecule has 1 aromatic rings. The van der Waals surface area contributed by atoms with Gasteiger partial charge >= 0.3 is 0 Å². The van der Waals surface area contributed by atoms with Gasteiger partial charge in [-0.15, -0.1) is 0 Å².